The van der Waals surface area contributed by atoms with E-state index in [4.69, 9.17) is 5.11 Å². The molecule has 5 heteroatoms. The van der Waals surface area contributed by atoms with Crippen LogP contribution in [0.1, 0.15) is 9.67 Å². The van der Waals surface area contributed by atoms with Gasteiger partial charge in [-0.3, -0.25) is 0 Å². The second-order valence-electron chi connectivity index (χ2n) is 2.86. The predicted molar refractivity (Wildman–Crippen MR) is 55.3 cm³/mol. The van der Waals surface area contributed by atoms with Gasteiger partial charge in [-0.2, -0.15) is 0 Å². The normalized spacial score (nSPS) is 15.6. The summed E-state index contributed by atoms with van der Waals surface area (Å²) in [5.74, 6) is 0.215. The van der Waals surface area contributed by atoms with Crippen molar-refractivity contribution in [3.8, 4) is 0 Å². The van der Waals surface area contributed by atoms with Crippen LogP contribution in [0.4, 0.5) is 5.00 Å². The topological polar surface area (TPSA) is 40.5 Å². The molecule has 1 aliphatic rings. The van der Waals surface area contributed by atoms with Gasteiger partial charge >= 0.3 is 5.97 Å². The molecule has 70 valence electrons. The number of thiophene rings is 1. The van der Waals surface area contributed by atoms with Crippen molar-refractivity contribution in [2.24, 2.45) is 0 Å². The lowest BCUT2D eigenvalue weighted by Gasteiger charge is -2.22. The number of hydrogen-bond donors (Lipinski definition) is 1. The molecule has 1 aromatic rings. The Bertz CT molecular complexity index is 348. The van der Waals surface area contributed by atoms with Crippen LogP contribution in [0.15, 0.2) is 11.0 Å². The fourth-order valence-corrected chi connectivity index (χ4v) is 3.55. The summed E-state index contributed by atoms with van der Waals surface area (Å²) >= 11 is 3.09. The van der Waals surface area contributed by atoms with E-state index in [1.165, 1.54) is 11.3 Å². The number of nitrogens with zero attached hydrogens (tertiary/aromatic N) is 1. The van der Waals surface area contributed by atoms with E-state index < -0.39 is 5.97 Å². The molecule has 0 bridgehead atoms. The molecule has 0 unspecified atom stereocenters. The highest BCUT2D eigenvalue weighted by Gasteiger charge is 2.20. The molecule has 0 spiro atoms. The summed E-state index contributed by atoms with van der Waals surface area (Å²) in [5, 5.41) is 9.89. The monoisotopic (exact) mass is 215 g/mol. The zero-order chi connectivity index (χ0) is 9.42. The molecule has 0 radical (unpaired) electrons. The summed E-state index contributed by atoms with van der Waals surface area (Å²) in [5.41, 5.74) is 0. The summed E-state index contributed by atoms with van der Waals surface area (Å²) in [4.78, 5) is 14.4. The number of carbonyl (C=O) groups is 1. The van der Waals surface area contributed by atoms with Gasteiger partial charge in [-0.05, 0) is 6.07 Å². The summed E-state index contributed by atoms with van der Waals surface area (Å²) in [6.07, 6.45) is 0. The lowest BCUT2D eigenvalue weighted by Crippen LogP contribution is -2.22. The van der Waals surface area contributed by atoms with Crippen LogP contribution in [0.25, 0.3) is 0 Å². The number of anilines is 1. The van der Waals surface area contributed by atoms with Gasteiger partial charge in [0.1, 0.15) is 9.88 Å². The smallest absolute Gasteiger partial charge is 0.345 e. The summed E-state index contributed by atoms with van der Waals surface area (Å²) in [7, 11) is 2.00. The second-order valence-corrected chi connectivity index (χ2v) is 5.02. The first-order valence-electron chi connectivity index (χ1n) is 3.89. The highest BCUT2D eigenvalue weighted by atomic mass is 32.2. The average Bonchev–Trinajstić information content (AvgIpc) is 2.49. The van der Waals surface area contributed by atoms with Crippen molar-refractivity contribution in [2.45, 2.75) is 4.90 Å². The molecule has 0 aliphatic carbocycles. The van der Waals surface area contributed by atoms with E-state index in [1.807, 2.05) is 7.05 Å². The van der Waals surface area contributed by atoms with E-state index in [9.17, 15) is 4.79 Å². The van der Waals surface area contributed by atoms with Gasteiger partial charge in [-0.25, -0.2) is 4.79 Å². The maximum Gasteiger partial charge on any atom is 0.345 e. The standard InChI is InChI=1S/C8H9NO2S2/c1-9-2-3-12-5-4-6(8(10)11)13-7(5)9/h4H,2-3H2,1H3,(H,10,11). The number of aromatic carboxylic acids is 1. The molecule has 2 rings (SSSR count). The molecule has 13 heavy (non-hydrogen) atoms. The average molecular weight is 215 g/mol. The third-order valence-corrected chi connectivity index (χ3v) is 4.30. The molecule has 0 saturated heterocycles. The Morgan fingerprint density at radius 2 is 2.46 bits per heavy atom. The fraction of sp³-hybridized carbons (Fsp3) is 0.375. The Hall–Kier alpha value is -0.680. The molecule has 2 heterocycles. The van der Waals surface area contributed by atoms with Gasteiger partial charge in [0.2, 0.25) is 0 Å². The minimum Gasteiger partial charge on any atom is -0.477 e. The number of rotatable bonds is 1. The van der Waals surface area contributed by atoms with Crippen molar-refractivity contribution in [3.63, 3.8) is 0 Å². The van der Waals surface area contributed by atoms with Crippen LogP contribution >= 0.6 is 23.1 Å². The largest absolute Gasteiger partial charge is 0.477 e. The van der Waals surface area contributed by atoms with Crippen molar-refractivity contribution in [3.05, 3.63) is 10.9 Å². The third-order valence-electron chi connectivity index (χ3n) is 1.92. The van der Waals surface area contributed by atoms with Crippen LogP contribution < -0.4 is 4.90 Å². The SMILES string of the molecule is CN1CCSc2cc(C(=O)O)sc21. The molecule has 0 amide bonds. The second kappa shape index (κ2) is 3.23. The Kier molecular flexibility index (Phi) is 2.21. The quantitative estimate of drug-likeness (QED) is 0.777. The lowest BCUT2D eigenvalue weighted by molar-refractivity contribution is 0.0702. The van der Waals surface area contributed by atoms with Crippen molar-refractivity contribution in [2.75, 3.05) is 24.2 Å². The zero-order valence-electron chi connectivity index (χ0n) is 7.11. The number of carboxylic acids is 1. The third kappa shape index (κ3) is 1.53. The summed E-state index contributed by atoms with van der Waals surface area (Å²) in [6.45, 7) is 0.997. The van der Waals surface area contributed by atoms with Crippen molar-refractivity contribution in [1.29, 1.82) is 0 Å². The number of carboxylic acid groups (broad SMARTS) is 1. The van der Waals surface area contributed by atoms with Crippen LogP contribution in [-0.4, -0.2) is 30.4 Å². The predicted octanol–water partition coefficient (Wildman–Crippen LogP) is 1.99. The van der Waals surface area contributed by atoms with Gasteiger partial charge in [0.25, 0.3) is 0 Å². The number of thioether (sulfide) groups is 1. The molecule has 0 saturated carbocycles. The van der Waals surface area contributed by atoms with Gasteiger partial charge in [0, 0.05) is 24.2 Å². The Morgan fingerprint density at radius 3 is 3.08 bits per heavy atom. The minimum atomic E-state index is -0.826. The van der Waals surface area contributed by atoms with Crippen molar-refractivity contribution < 1.29 is 9.90 Å². The van der Waals surface area contributed by atoms with Gasteiger partial charge in [0.15, 0.2) is 0 Å². The van der Waals surface area contributed by atoms with Crippen molar-refractivity contribution >= 4 is 34.1 Å². The van der Waals surface area contributed by atoms with E-state index in [-0.39, 0.29) is 0 Å². The Balaban J connectivity index is 2.42. The lowest BCUT2D eigenvalue weighted by atomic mass is 10.4. The Labute approximate surface area is 84.4 Å². The number of fused-ring (bicyclic) bond motifs is 1. The maximum absolute atomic E-state index is 10.7. The van der Waals surface area contributed by atoms with Gasteiger partial charge in [0.05, 0.1) is 0 Å². The zero-order valence-corrected chi connectivity index (χ0v) is 8.74. The molecule has 1 N–H and O–H groups in total. The van der Waals surface area contributed by atoms with E-state index in [0.717, 1.165) is 22.2 Å². The van der Waals surface area contributed by atoms with Gasteiger partial charge in [-0.1, -0.05) is 0 Å². The number of hydrogen-bond acceptors (Lipinski definition) is 4. The molecule has 1 aliphatic heterocycles. The van der Waals surface area contributed by atoms with E-state index in [0.29, 0.717) is 4.88 Å². The van der Waals surface area contributed by atoms with E-state index in [1.54, 1.807) is 17.8 Å². The minimum absolute atomic E-state index is 0.436. The molecule has 0 aromatic carbocycles. The summed E-state index contributed by atoms with van der Waals surface area (Å²) < 4.78 is 0. The van der Waals surface area contributed by atoms with Crippen molar-refractivity contribution in [1.82, 2.24) is 0 Å². The van der Waals surface area contributed by atoms with Crippen LogP contribution in [0.5, 0.6) is 0 Å². The van der Waals surface area contributed by atoms with Crippen LogP contribution in [0, 0.1) is 0 Å². The highest BCUT2D eigenvalue weighted by Crippen LogP contribution is 2.40. The van der Waals surface area contributed by atoms with Gasteiger partial charge < -0.3 is 10.0 Å². The first-order valence-corrected chi connectivity index (χ1v) is 5.70. The highest BCUT2D eigenvalue weighted by molar-refractivity contribution is 7.99. The van der Waals surface area contributed by atoms with Crippen LogP contribution in [-0.2, 0) is 0 Å². The molecule has 1 aromatic heterocycles. The first-order chi connectivity index (χ1) is 6.18. The molecule has 0 fully saturated rings. The first kappa shape index (κ1) is 8.90. The van der Waals surface area contributed by atoms with Crippen LogP contribution in [0.3, 0.4) is 0 Å². The molecule has 0 atom stereocenters. The van der Waals surface area contributed by atoms with E-state index in [2.05, 4.69) is 4.90 Å². The summed E-state index contributed by atoms with van der Waals surface area (Å²) in [6, 6.07) is 1.77. The van der Waals surface area contributed by atoms with Crippen LogP contribution in [0.2, 0.25) is 0 Å². The Morgan fingerprint density at radius 1 is 1.69 bits per heavy atom. The molecule has 3 nitrogen and oxygen atoms in total. The molecular formula is C8H9NO2S2. The molecular weight excluding hydrogens is 206 g/mol. The van der Waals surface area contributed by atoms with Gasteiger partial charge in [-0.15, -0.1) is 23.1 Å². The maximum atomic E-state index is 10.7. The van der Waals surface area contributed by atoms with E-state index >= 15 is 0 Å². The fourth-order valence-electron chi connectivity index (χ4n) is 1.23.